The SMILES string of the molecule is Br.CC(=O)/C=C/c1cnc2c(c1)CN(C)CC(=O)N2.CCOC(=O)CN(C)Cc1cc(Br)cnc1N.CN1CC(=O)Nc2ncc(/C=C/C(=O)O)cc2C1.CN1CC(=O)Nc2ncc(Br)cc2C1.Nc1ncc(Br)cc1CBr. The molecular formula is C51H61Br5N14O8. The summed E-state index contributed by atoms with van der Waals surface area (Å²) < 4.78 is 7.62. The number of ketones is 1. The molecule has 0 aliphatic carbocycles. The third-order valence-corrected chi connectivity index (χ3v) is 12.3. The van der Waals surface area contributed by atoms with Gasteiger partial charge in [0, 0.05) is 110 Å². The number of nitrogens with two attached hydrogens (primary N) is 2. The molecule has 0 saturated carbocycles. The minimum Gasteiger partial charge on any atom is -0.478 e. The highest BCUT2D eigenvalue weighted by Crippen LogP contribution is 2.23. The van der Waals surface area contributed by atoms with Gasteiger partial charge >= 0.3 is 11.9 Å². The lowest BCUT2D eigenvalue weighted by atomic mass is 10.1. The Balaban J connectivity index is 0.000000259. The minimum absolute atomic E-state index is 0. The molecule has 0 saturated heterocycles. The number of halogens is 5. The fraction of sp³-hybridized carbons (Fsp3) is 0.314. The van der Waals surface area contributed by atoms with Crippen molar-refractivity contribution in [2.45, 2.75) is 45.4 Å². The van der Waals surface area contributed by atoms with Crippen LogP contribution < -0.4 is 27.4 Å². The van der Waals surface area contributed by atoms with Crippen molar-refractivity contribution in [1.29, 1.82) is 0 Å². The lowest BCUT2D eigenvalue weighted by Crippen LogP contribution is -2.27. The first-order chi connectivity index (χ1) is 36.5. The maximum atomic E-state index is 11.5. The molecule has 0 radical (unpaired) electrons. The van der Waals surface area contributed by atoms with Gasteiger partial charge in [-0.1, -0.05) is 15.9 Å². The number of carbonyl (C=O) groups is 6. The smallest absolute Gasteiger partial charge is 0.328 e. The van der Waals surface area contributed by atoms with E-state index in [0.29, 0.717) is 80.5 Å². The summed E-state index contributed by atoms with van der Waals surface area (Å²) >= 11 is 13.3. The average molecular weight is 1400 g/mol. The number of allylic oxidation sites excluding steroid dienone is 1. The van der Waals surface area contributed by atoms with Crippen molar-refractivity contribution in [3.8, 4) is 0 Å². The zero-order chi connectivity index (χ0) is 56.8. The predicted octanol–water partition coefficient (Wildman–Crippen LogP) is 7.18. The van der Waals surface area contributed by atoms with Crippen LogP contribution in [0.5, 0.6) is 0 Å². The van der Waals surface area contributed by atoms with Crippen LogP contribution in [-0.4, -0.2) is 146 Å². The molecule has 0 bridgehead atoms. The van der Waals surface area contributed by atoms with Crippen molar-refractivity contribution in [3.05, 3.63) is 126 Å². The number of nitrogens with zero attached hydrogens (tertiary/aromatic N) is 9. The number of carboxylic acid groups (broad SMARTS) is 1. The van der Waals surface area contributed by atoms with Gasteiger partial charge in [-0.25, -0.2) is 29.7 Å². The fourth-order valence-corrected chi connectivity index (χ4v) is 8.67. The molecule has 8 heterocycles. The van der Waals surface area contributed by atoms with Gasteiger partial charge in [0.1, 0.15) is 29.1 Å². The standard InChI is InChI=1S/C13H15N3O2.C12H13N3O3.C11H16BrN3O2.C9H10BrN3O.C6H6Br2N2.BrH/c1-9(17)3-4-10-5-11-7-16(2)8-12(18)15-13(11)14-6-10;1-15-6-9-4-8(2-3-11(17)18)5-13-12(9)14-10(16)7-15;1-3-17-10(16)7-15(2)6-8-4-9(12)5-14-11(8)13;1-13-4-6-2-7(10)3-11-9(6)12-8(14)5-13;7-2-4-1-5(8)3-10-6(4)9;/h3-6H,7-8H2,1-2H3,(H,14,15,18);2-5H,6-7H2,1H3,(H,17,18)(H,13,14,16);4-5H,3,6-7H2,1-2H3,(H2,13,14);2-3H,4-5H2,1H3,(H,11,12,14);1,3H,2H2,(H2,9,10);1H/b4-3+;3-2+;;;;. The van der Waals surface area contributed by atoms with E-state index in [1.807, 2.05) is 78.1 Å². The molecular weight excluding hydrogens is 1340 g/mol. The Morgan fingerprint density at radius 3 is 1.47 bits per heavy atom. The Morgan fingerprint density at radius 2 is 1.05 bits per heavy atom. The van der Waals surface area contributed by atoms with Crippen LogP contribution in [0.25, 0.3) is 12.2 Å². The highest BCUT2D eigenvalue weighted by molar-refractivity contribution is 9.11. The van der Waals surface area contributed by atoms with Crippen molar-refractivity contribution >= 4 is 157 Å². The highest BCUT2D eigenvalue weighted by Gasteiger charge is 2.20. The van der Waals surface area contributed by atoms with Gasteiger partial charge in [0.15, 0.2) is 5.78 Å². The van der Waals surface area contributed by atoms with E-state index >= 15 is 0 Å². The van der Waals surface area contributed by atoms with Crippen LogP contribution >= 0.6 is 80.7 Å². The van der Waals surface area contributed by atoms with E-state index in [4.69, 9.17) is 21.3 Å². The molecule has 0 fully saturated rings. The Kier molecular flexibility index (Phi) is 28.5. The summed E-state index contributed by atoms with van der Waals surface area (Å²) in [6.45, 7) is 7.54. The van der Waals surface area contributed by atoms with Gasteiger partial charge in [-0.15, -0.1) is 17.0 Å². The maximum absolute atomic E-state index is 11.5. The van der Waals surface area contributed by atoms with Crippen molar-refractivity contribution < 1.29 is 38.6 Å². The Hall–Kier alpha value is -5.91. The van der Waals surface area contributed by atoms with E-state index in [1.165, 1.54) is 25.3 Å². The molecule has 78 heavy (non-hydrogen) atoms. The second-order valence-electron chi connectivity index (χ2n) is 17.5. The van der Waals surface area contributed by atoms with Crippen LogP contribution in [0, 0.1) is 0 Å². The van der Waals surface area contributed by atoms with Crippen LogP contribution in [0.3, 0.4) is 0 Å². The molecule has 0 unspecified atom stereocenters. The van der Waals surface area contributed by atoms with Gasteiger partial charge in [0.05, 0.1) is 32.8 Å². The summed E-state index contributed by atoms with van der Waals surface area (Å²) in [5.74, 6) is 1.45. The number of fused-ring (bicyclic) bond motifs is 3. The number of esters is 1. The fourth-order valence-electron chi connectivity index (χ4n) is 7.08. The topological polar surface area (TPSA) is 297 Å². The Bertz CT molecular complexity index is 2880. The Morgan fingerprint density at radius 1 is 0.654 bits per heavy atom. The maximum Gasteiger partial charge on any atom is 0.328 e. The third kappa shape index (κ3) is 24.0. The number of hydrogen-bond acceptors (Lipinski definition) is 18. The zero-order valence-corrected chi connectivity index (χ0v) is 51.6. The van der Waals surface area contributed by atoms with Crippen molar-refractivity contribution in [3.63, 3.8) is 0 Å². The molecule has 0 spiro atoms. The molecule has 3 aliphatic heterocycles. The summed E-state index contributed by atoms with van der Waals surface area (Å²) in [5, 5.41) is 17.5. The van der Waals surface area contributed by atoms with Crippen LogP contribution in [0.4, 0.5) is 29.1 Å². The van der Waals surface area contributed by atoms with E-state index in [1.54, 1.807) is 37.8 Å². The molecule has 0 aromatic carbocycles. The molecule has 3 amide bonds. The quantitative estimate of drug-likeness (QED) is 0.0458. The van der Waals surface area contributed by atoms with E-state index in [-0.39, 0.29) is 53.0 Å². The molecule has 8 N–H and O–H groups in total. The molecule has 22 nitrogen and oxygen atoms in total. The van der Waals surface area contributed by atoms with Gasteiger partial charge in [-0.05, 0) is 150 Å². The number of nitrogens with one attached hydrogen (secondary N) is 3. The number of anilines is 5. The number of amides is 3. The van der Waals surface area contributed by atoms with Gasteiger partial charge in [-0.2, -0.15) is 0 Å². The molecule has 0 atom stereocenters. The van der Waals surface area contributed by atoms with E-state index in [9.17, 15) is 28.8 Å². The molecule has 3 aliphatic rings. The first-order valence-corrected chi connectivity index (χ1v) is 26.9. The van der Waals surface area contributed by atoms with Crippen molar-refractivity contribution in [2.24, 2.45) is 0 Å². The van der Waals surface area contributed by atoms with E-state index in [2.05, 4.69) is 105 Å². The molecule has 418 valence electrons. The van der Waals surface area contributed by atoms with Crippen LogP contribution in [-0.2, 0) is 65.0 Å². The number of carboxylic acids is 1. The summed E-state index contributed by atoms with van der Waals surface area (Å²) in [4.78, 5) is 95.0. The van der Waals surface area contributed by atoms with Gasteiger partial charge in [-0.3, -0.25) is 43.6 Å². The first-order valence-electron chi connectivity index (χ1n) is 23.4. The molecule has 5 aromatic rings. The summed E-state index contributed by atoms with van der Waals surface area (Å²) in [7, 11) is 7.47. The summed E-state index contributed by atoms with van der Waals surface area (Å²) in [6, 6.07) is 9.57. The van der Waals surface area contributed by atoms with Crippen LogP contribution in [0.2, 0.25) is 0 Å². The number of rotatable bonds is 10. The molecule has 27 heteroatoms. The summed E-state index contributed by atoms with van der Waals surface area (Å²) in [5.41, 5.74) is 17.6. The number of nitrogen functional groups attached to an aromatic ring is 2. The van der Waals surface area contributed by atoms with Crippen molar-refractivity contribution in [2.75, 3.05) is 88.4 Å². The number of ether oxygens (including phenoxy) is 1. The number of aliphatic carboxylic acids is 1. The van der Waals surface area contributed by atoms with Crippen molar-refractivity contribution in [1.82, 2.24) is 44.5 Å². The van der Waals surface area contributed by atoms with Gasteiger partial charge in [0.25, 0.3) is 0 Å². The average Bonchev–Trinajstić information content (AvgIpc) is 3.67. The number of hydrogen-bond donors (Lipinski definition) is 6. The van der Waals surface area contributed by atoms with E-state index in [0.717, 1.165) is 64.7 Å². The Labute approximate surface area is 496 Å². The lowest BCUT2D eigenvalue weighted by molar-refractivity contribution is -0.144. The monoisotopic (exact) mass is 1390 g/mol. The van der Waals surface area contributed by atoms with Crippen LogP contribution in [0.1, 0.15) is 52.8 Å². The number of likely N-dealkylation sites (N-methyl/N-ethyl adjacent to an activating group) is 4. The second kappa shape index (κ2) is 33.5. The normalized spacial score (nSPS) is 14.1. The largest absolute Gasteiger partial charge is 0.478 e. The summed E-state index contributed by atoms with van der Waals surface area (Å²) in [6.07, 6.45) is 13.9. The number of carbonyl (C=O) groups excluding carboxylic acids is 5. The number of aromatic nitrogens is 5. The minimum atomic E-state index is -1.00. The lowest BCUT2D eigenvalue weighted by Gasteiger charge is -2.16. The molecule has 8 rings (SSSR count). The zero-order valence-electron chi connectivity index (χ0n) is 43.6. The first kappa shape index (κ1) is 66.4. The van der Waals surface area contributed by atoms with E-state index < -0.39 is 5.97 Å². The predicted molar refractivity (Wildman–Crippen MR) is 320 cm³/mol. The van der Waals surface area contributed by atoms with Gasteiger partial charge < -0.3 is 37.3 Å². The number of alkyl halides is 1. The second-order valence-corrected chi connectivity index (χ2v) is 20.8. The number of pyridine rings is 5. The third-order valence-electron chi connectivity index (χ3n) is 10.4. The van der Waals surface area contributed by atoms with Gasteiger partial charge in [0.2, 0.25) is 17.7 Å². The van der Waals surface area contributed by atoms with Crippen LogP contribution in [0.15, 0.2) is 86.9 Å². The molecule has 5 aromatic heterocycles. The highest BCUT2D eigenvalue weighted by atomic mass is 79.9.